The fourth-order valence-electron chi connectivity index (χ4n) is 2.83. The van der Waals surface area contributed by atoms with E-state index < -0.39 is 0 Å². The lowest BCUT2D eigenvalue weighted by Crippen LogP contribution is -2.37. The van der Waals surface area contributed by atoms with E-state index in [4.69, 9.17) is 0 Å². The van der Waals surface area contributed by atoms with E-state index in [0.717, 1.165) is 32.1 Å². The summed E-state index contributed by atoms with van der Waals surface area (Å²) in [6.45, 7) is 10.0. The first-order valence-corrected chi connectivity index (χ1v) is 6.36. The lowest BCUT2D eigenvalue weighted by atomic mass is 9.63. The zero-order valence-electron chi connectivity index (χ0n) is 10.9. The second-order valence-corrected chi connectivity index (χ2v) is 5.10. The van der Waals surface area contributed by atoms with Crippen molar-refractivity contribution in [2.24, 2.45) is 11.3 Å². The third kappa shape index (κ3) is 2.45. The Morgan fingerprint density at radius 1 is 1.69 bits per heavy atom. The van der Waals surface area contributed by atoms with Crippen LogP contribution in [0.1, 0.15) is 52.9 Å². The molecule has 1 aliphatic rings. The fraction of sp³-hybridized carbons (Fsp3) is 0.667. The third-order valence-corrected chi connectivity index (χ3v) is 4.08. The smallest absolute Gasteiger partial charge is 0.136 e. The Labute approximate surface area is 99.6 Å². The molecule has 16 heavy (non-hydrogen) atoms. The van der Waals surface area contributed by atoms with Gasteiger partial charge in [0.05, 0.1) is 0 Å². The van der Waals surface area contributed by atoms with Crippen molar-refractivity contribution in [1.29, 1.82) is 0 Å². The molecule has 0 N–H and O–H groups in total. The van der Waals surface area contributed by atoms with Crippen LogP contribution >= 0.6 is 0 Å². The summed E-state index contributed by atoms with van der Waals surface area (Å²) in [5, 5.41) is 0. The second-order valence-electron chi connectivity index (χ2n) is 5.10. The summed E-state index contributed by atoms with van der Waals surface area (Å²) >= 11 is 0. The first kappa shape index (κ1) is 13.2. The Morgan fingerprint density at radius 3 is 2.75 bits per heavy atom. The highest BCUT2D eigenvalue weighted by Gasteiger charge is 2.41. The lowest BCUT2D eigenvalue weighted by molar-refractivity contribution is -0.129. The van der Waals surface area contributed by atoms with Gasteiger partial charge in [0, 0.05) is 5.41 Å². The van der Waals surface area contributed by atoms with Crippen molar-refractivity contribution < 1.29 is 4.79 Å². The van der Waals surface area contributed by atoms with Crippen molar-refractivity contribution in [3.8, 4) is 0 Å². The van der Waals surface area contributed by atoms with E-state index in [1.807, 2.05) is 6.08 Å². The molecule has 1 aliphatic carbocycles. The van der Waals surface area contributed by atoms with Gasteiger partial charge < -0.3 is 0 Å². The molecule has 0 fully saturated rings. The molecule has 0 aromatic carbocycles. The summed E-state index contributed by atoms with van der Waals surface area (Å²) in [5.74, 6) is 0.689. The van der Waals surface area contributed by atoms with E-state index in [2.05, 4.69) is 26.5 Å². The first-order chi connectivity index (χ1) is 7.56. The number of Topliss-reactive ketones (excluding diaryl/α,β-unsaturated/α-hetero) is 1. The maximum absolute atomic E-state index is 12.0. The number of hydrogen-bond acceptors (Lipinski definition) is 1. The lowest BCUT2D eigenvalue weighted by Gasteiger charge is -2.39. The largest absolute Gasteiger partial charge is 0.299 e. The average molecular weight is 220 g/mol. The van der Waals surface area contributed by atoms with Gasteiger partial charge >= 0.3 is 0 Å². The van der Waals surface area contributed by atoms with Crippen LogP contribution in [0.3, 0.4) is 0 Å². The van der Waals surface area contributed by atoms with E-state index in [9.17, 15) is 4.79 Å². The number of hydrogen-bond donors (Lipinski definition) is 0. The molecular weight excluding hydrogens is 196 g/mol. The second kappa shape index (κ2) is 5.47. The Balaban J connectivity index is 2.97. The van der Waals surface area contributed by atoms with E-state index >= 15 is 0 Å². The Morgan fingerprint density at radius 2 is 2.38 bits per heavy atom. The summed E-state index contributed by atoms with van der Waals surface area (Å²) in [5.41, 5.74) is 1.27. The van der Waals surface area contributed by atoms with Gasteiger partial charge in [0.2, 0.25) is 0 Å². The topological polar surface area (TPSA) is 17.1 Å². The van der Waals surface area contributed by atoms with Crippen molar-refractivity contribution in [2.75, 3.05) is 0 Å². The molecule has 0 spiro atoms. The number of carbonyl (C=O) groups excluding carboxylic acids is 1. The van der Waals surface area contributed by atoms with Crippen LogP contribution in [0.15, 0.2) is 24.3 Å². The molecule has 0 aromatic rings. The molecule has 1 rings (SSSR count). The van der Waals surface area contributed by atoms with Crippen LogP contribution in [-0.2, 0) is 4.79 Å². The standard InChI is InChI=1S/C15H24O/c1-5-7-14(6-2)15(13(4)16)10-8-12(3)9-11-15/h6,8,14H,2,5,7,9-11H2,1,3-4H3. The average Bonchev–Trinajstić information content (AvgIpc) is 2.27. The first-order valence-electron chi connectivity index (χ1n) is 6.36. The SMILES string of the molecule is C=CC(CCC)C1(C(C)=O)CC=C(C)CC1. The van der Waals surface area contributed by atoms with E-state index in [-0.39, 0.29) is 5.41 Å². The molecule has 0 bridgehead atoms. The molecule has 0 aliphatic heterocycles. The summed E-state index contributed by atoms with van der Waals surface area (Å²) in [4.78, 5) is 12.0. The maximum Gasteiger partial charge on any atom is 0.136 e. The third-order valence-electron chi connectivity index (χ3n) is 4.08. The molecule has 0 radical (unpaired) electrons. The van der Waals surface area contributed by atoms with Gasteiger partial charge in [-0.3, -0.25) is 4.79 Å². The molecule has 90 valence electrons. The van der Waals surface area contributed by atoms with Crippen LogP contribution in [0.2, 0.25) is 0 Å². The van der Waals surface area contributed by atoms with Crippen LogP contribution in [0.5, 0.6) is 0 Å². The molecule has 1 nitrogen and oxygen atoms in total. The zero-order chi connectivity index (χ0) is 12.2. The number of carbonyl (C=O) groups is 1. The number of rotatable bonds is 5. The molecule has 1 heteroatoms. The number of ketones is 1. The molecule has 0 saturated heterocycles. The molecule has 0 aromatic heterocycles. The summed E-state index contributed by atoms with van der Waals surface area (Å²) in [7, 11) is 0. The van der Waals surface area contributed by atoms with Crippen LogP contribution in [0.4, 0.5) is 0 Å². The van der Waals surface area contributed by atoms with Crippen molar-refractivity contribution >= 4 is 5.78 Å². The quantitative estimate of drug-likeness (QED) is 0.631. The van der Waals surface area contributed by atoms with E-state index in [1.54, 1.807) is 6.92 Å². The van der Waals surface area contributed by atoms with Gasteiger partial charge in [0.15, 0.2) is 0 Å². The van der Waals surface area contributed by atoms with Gasteiger partial charge in [-0.05, 0) is 45.4 Å². The van der Waals surface area contributed by atoms with Crippen molar-refractivity contribution in [2.45, 2.75) is 52.9 Å². The highest BCUT2D eigenvalue weighted by atomic mass is 16.1. The highest BCUT2D eigenvalue weighted by Crippen LogP contribution is 2.45. The Hall–Kier alpha value is -0.850. The van der Waals surface area contributed by atoms with E-state index in [1.165, 1.54) is 5.57 Å². The molecule has 2 atom stereocenters. The predicted octanol–water partition coefficient (Wildman–Crippen LogP) is 4.29. The fourth-order valence-corrected chi connectivity index (χ4v) is 2.83. The number of allylic oxidation sites excluding steroid dienone is 3. The maximum atomic E-state index is 12.0. The minimum absolute atomic E-state index is 0.155. The Bertz CT molecular complexity index is 301. The van der Waals surface area contributed by atoms with Crippen molar-refractivity contribution in [3.05, 3.63) is 24.3 Å². The minimum Gasteiger partial charge on any atom is -0.299 e. The van der Waals surface area contributed by atoms with Gasteiger partial charge in [-0.15, -0.1) is 6.58 Å². The normalized spacial score (nSPS) is 27.1. The molecule has 0 heterocycles. The highest BCUT2D eigenvalue weighted by molar-refractivity contribution is 5.83. The van der Waals surface area contributed by atoms with Crippen molar-refractivity contribution in [3.63, 3.8) is 0 Å². The predicted molar refractivity (Wildman–Crippen MR) is 69.3 cm³/mol. The van der Waals surface area contributed by atoms with E-state index in [0.29, 0.717) is 11.7 Å². The van der Waals surface area contributed by atoms with Crippen LogP contribution in [0.25, 0.3) is 0 Å². The van der Waals surface area contributed by atoms with Gasteiger partial charge in [-0.25, -0.2) is 0 Å². The Kier molecular flexibility index (Phi) is 4.52. The van der Waals surface area contributed by atoms with Gasteiger partial charge in [-0.2, -0.15) is 0 Å². The van der Waals surface area contributed by atoms with Crippen LogP contribution < -0.4 is 0 Å². The molecule has 0 amide bonds. The zero-order valence-corrected chi connectivity index (χ0v) is 10.9. The minimum atomic E-state index is -0.155. The summed E-state index contributed by atoms with van der Waals surface area (Å²) in [6.07, 6.45) is 9.42. The monoisotopic (exact) mass is 220 g/mol. The van der Waals surface area contributed by atoms with Gasteiger partial charge in [0.25, 0.3) is 0 Å². The molecule has 0 saturated carbocycles. The van der Waals surface area contributed by atoms with Gasteiger partial charge in [0.1, 0.15) is 5.78 Å². The summed E-state index contributed by atoms with van der Waals surface area (Å²) in [6, 6.07) is 0. The molecular formula is C15H24O. The summed E-state index contributed by atoms with van der Waals surface area (Å²) < 4.78 is 0. The molecule has 2 unspecified atom stereocenters. The van der Waals surface area contributed by atoms with Crippen molar-refractivity contribution in [1.82, 2.24) is 0 Å². The van der Waals surface area contributed by atoms with Gasteiger partial charge in [-0.1, -0.05) is 31.1 Å². The van der Waals surface area contributed by atoms with Crippen LogP contribution in [-0.4, -0.2) is 5.78 Å². The van der Waals surface area contributed by atoms with Crippen LogP contribution in [0, 0.1) is 11.3 Å².